The molecule has 0 aliphatic carbocycles. The first kappa shape index (κ1) is 23.6. The molecule has 0 fully saturated rings. The lowest BCUT2D eigenvalue weighted by Crippen LogP contribution is -2.28. The summed E-state index contributed by atoms with van der Waals surface area (Å²) in [6, 6.07) is 13.8. The summed E-state index contributed by atoms with van der Waals surface area (Å²) in [4.78, 5) is 12.5. The van der Waals surface area contributed by atoms with Gasteiger partial charge in [0.05, 0.1) is 46.1 Å². The molecule has 2 heterocycles. The lowest BCUT2D eigenvalue weighted by molar-refractivity contribution is 0.0943. The third-order valence-corrected chi connectivity index (χ3v) is 5.18. The molecule has 35 heavy (non-hydrogen) atoms. The summed E-state index contributed by atoms with van der Waals surface area (Å²) in [6.45, 7) is 0.454. The van der Waals surface area contributed by atoms with E-state index in [0.29, 0.717) is 51.5 Å². The zero-order valence-electron chi connectivity index (χ0n) is 19.8. The fraction of sp³-hybridized carbons (Fsp3) is 0.250. The first-order valence-electron chi connectivity index (χ1n) is 10.7. The number of amides is 1. The minimum atomic E-state index is -0.289. The van der Waals surface area contributed by atoms with Crippen LogP contribution >= 0.6 is 0 Å². The Morgan fingerprint density at radius 2 is 1.60 bits per heavy atom. The molecule has 0 aliphatic heterocycles. The molecule has 0 aliphatic rings. The van der Waals surface area contributed by atoms with Gasteiger partial charge in [0.2, 0.25) is 5.88 Å². The molecule has 4 aromatic rings. The Morgan fingerprint density at radius 1 is 0.857 bits per heavy atom. The Bertz CT molecular complexity index is 1340. The van der Waals surface area contributed by atoms with Crippen molar-refractivity contribution in [2.45, 2.75) is 0 Å². The Balaban J connectivity index is 1.45. The highest BCUT2D eigenvalue weighted by Gasteiger charge is 2.17. The van der Waals surface area contributed by atoms with Crippen molar-refractivity contribution in [3.05, 3.63) is 54.1 Å². The third-order valence-electron chi connectivity index (χ3n) is 5.18. The minimum absolute atomic E-state index is 0.197. The van der Waals surface area contributed by atoms with E-state index >= 15 is 0 Å². The smallest absolute Gasteiger partial charge is 0.255 e. The van der Waals surface area contributed by atoms with Gasteiger partial charge in [-0.3, -0.25) is 4.79 Å². The van der Waals surface area contributed by atoms with Crippen LogP contribution in [0.5, 0.6) is 28.9 Å². The number of fused-ring (bicyclic) bond motifs is 1. The van der Waals surface area contributed by atoms with Crippen LogP contribution in [0.25, 0.3) is 17.0 Å². The maximum absolute atomic E-state index is 12.5. The van der Waals surface area contributed by atoms with Crippen molar-refractivity contribution in [3.8, 4) is 40.3 Å². The minimum Gasteiger partial charge on any atom is -0.497 e. The molecular formula is C24H25N5O6. The molecule has 1 amide bonds. The highest BCUT2D eigenvalue weighted by Crippen LogP contribution is 2.32. The van der Waals surface area contributed by atoms with E-state index in [9.17, 15) is 4.79 Å². The van der Waals surface area contributed by atoms with Gasteiger partial charge in [0, 0.05) is 12.1 Å². The summed E-state index contributed by atoms with van der Waals surface area (Å²) >= 11 is 0. The number of nitrogens with one attached hydrogen (secondary N) is 1. The van der Waals surface area contributed by atoms with Crippen molar-refractivity contribution in [1.29, 1.82) is 0 Å². The summed E-state index contributed by atoms with van der Waals surface area (Å²) in [5.74, 6) is 2.80. The number of aromatic nitrogens is 4. The van der Waals surface area contributed by atoms with Crippen molar-refractivity contribution in [2.75, 3.05) is 41.6 Å². The molecule has 0 radical (unpaired) electrons. The first-order chi connectivity index (χ1) is 17.1. The van der Waals surface area contributed by atoms with Gasteiger partial charge in [-0.25, -0.2) is 0 Å². The van der Waals surface area contributed by atoms with E-state index in [2.05, 4.69) is 20.6 Å². The zero-order valence-corrected chi connectivity index (χ0v) is 19.8. The summed E-state index contributed by atoms with van der Waals surface area (Å²) in [7, 11) is 6.21. The van der Waals surface area contributed by atoms with Crippen LogP contribution in [0.3, 0.4) is 0 Å². The van der Waals surface area contributed by atoms with E-state index in [1.165, 1.54) is 7.11 Å². The molecule has 0 bridgehead atoms. The SMILES string of the molecule is COc1ccc(C(=O)NCCOc2ccc3nnc(-c4cc(OC)ccc4OC)n3n2)c(OC)c1. The predicted octanol–water partition coefficient (Wildman–Crippen LogP) is 2.63. The molecular weight excluding hydrogens is 454 g/mol. The Morgan fingerprint density at radius 3 is 2.34 bits per heavy atom. The van der Waals surface area contributed by atoms with E-state index in [0.717, 1.165) is 0 Å². The van der Waals surface area contributed by atoms with Crippen molar-refractivity contribution in [3.63, 3.8) is 0 Å². The number of ether oxygens (including phenoxy) is 5. The summed E-state index contributed by atoms with van der Waals surface area (Å²) in [5.41, 5.74) is 1.61. The molecule has 182 valence electrons. The van der Waals surface area contributed by atoms with E-state index < -0.39 is 0 Å². The number of benzene rings is 2. The van der Waals surface area contributed by atoms with Crippen LogP contribution < -0.4 is 29.0 Å². The molecule has 0 saturated carbocycles. The quantitative estimate of drug-likeness (QED) is 0.342. The van der Waals surface area contributed by atoms with Crippen LogP contribution in [0.15, 0.2) is 48.5 Å². The number of carbonyl (C=O) groups is 1. The second-order valence-electron chi connectivity index (χ2n) is 7.20. The normalized spacial score (nSPS) is 10.6. The molecule has 2 aromatic heterocycles. The van der Waals surface area contributed by atoms with E-state index in [1.807, 2.05) is 0 Å². The highest BCUT2D eigenvalue weighted by atomic mass is 16.5. The second kappa shape index (κ2) is 10.6. The number of carbonyl (C=O) groups excluding carboxylic acids is 1. The van der Waals surface area contributed by atoms with Gasteiger partial charge in [0.15, 0.2) is 11.5 Å². The van der Waals surface area contributed by atoms with Gasteiger partial charge in [-0.05, 0) is 36.4 Å². The second-order valence-corrected chi connectivity index (χ2v) is 7.20. The Kier molecular flexibility index (Phi) is 7.15. The van der Waals surface area contributed by atoms with Crippen LogP contribution in [0.1, 0.15) is 10.4 Å². The van der Waals surface area contributed by atoms with Crippen LogP contribution in [0.4, 0.5) is 0 Å². The van der Waals surface area contributed by atoms with Crippen LogP contribution in [-0.4, -0.2) is 67.3 Å². The number of hydrogen-bond acceptors (Lipinski definition) is 9. The van der Waals surface area contributed by atoms with Gasteiger partial charge in [0.1, 0.15) is 29.6 Å². The Labute approximate surface area is 201 Å². The summed E-state index contributed by atoms with van der Waals surface area (Å²) < 4.78 is 28.5. The van der Waals surface area contributed by atoms with Crippen molar-refractivity contribution in [1.82, 2.24) is 25.1 Å². The van der Waals surface area contributed by atoms with Crippen molar-refractivity contribution >= 4 is 11.6 Å². The summed E-state index contributed by atoms with van der Waals surface area (Å²) in [5, 5.41) is 15.7. The first-order valence-corrected chi connectivity index (χ1v) is 10.7. The fourth-order valence-corrected chi connectivity index (χ4v) is 3.41. The zero-order chi connectivity index (χ0) is 24.8. The average Bonchev–Trinajstić information content (AvgIpc) is 3.33. The van der Waals surface area contributed by atoms with Crippen LogP contribution in [-0.2, 0) is 0 Å². The molecule has 11 heteroatoms. The monoisotopic (exact) mass is 479 g/mol. The van der Waals surface area contributed by atoms with Gasteiger partial charge in [0.25, 0.3) is 5.91 Å². The largest absolute Gasteiger partial charge is 0.497 e. The van der Waals surface area contributed by atoms with Crippen LogP contribution in [0.2, 0.25) is 0 Å². The van der Waals surface area contributed by atoms with Gasteiger partial charge >= 0.3 is 0 Å². The molecule has 11 nitrogen and oxygen atoms in total. The number of methoxy groups -OCH3 is 4. The lowest BCUT2D eigenvalue weighted by Gasteiger charge is -2.11. The fourth-order valence-electron chi connectivity index (χ4n) is 3.41. The van der Waals surface area contributed by atoms with Gasteiger partial charge in [-0.2, -0.15) is 4.52 Å². The molecule has 0 unspecified atom stereocenters. The average molecular weight is 479 g/mol. The van der Waals surface area contributed by atoms with E-state index in [-0.39, 0.29) is 19.1 Å². The molecule has 2 aromatic carbocycles. The highest BCUT2D eigenvalue weighted by molar-refractivity contribution is 5.97. The molecule has 0 saturated heterocycles. The predicted molar refractivity (Wildman–Crippen MR) is 127 cm³/mol. The summed E-state index contributed by atoms with van der Waals surface area (Å²) in [6.07, 6.45) is 0. The van der Waals surface area contributed by atoms with Gasteiger partial charge in [-0.1, -0.05) is 0 Å². The molecule has 0 spiro atoms. The maximum atomic E-state index is 12.5. The van der Waals surface area contributed by atoms with Gasteiger partial charge < -0.3 is 29.0 Å². The molecule has 4 rings (SSSR count). The van der Waals surface area contributed by atoms with Crippen molar-refractivity contribution in [2.24, 2.45) is 0 Å². The van der Waals surface area contributed by atoms with Crippen LogP contribution in [0, 0.1) is 0 Å². The number of rotatable bonds is 10. The maximum Gasteiger partial charge on any atom is 0.255 e. The number of hydrogen-bond donors (Lipinski definition) is 1. The number of nitrogens with zero attached hydrogens (tertiary/aromatic N) is 4. The van der Waals surface area contributed by atoms with E-state index in [4.69, 9.17) is 23.7 Å². The topological polar surface area (TPSA) is 118 Å². The lowest BCUT2D eigenvalue weighted by atomic mass is 10.1. The van der Waals surface area contributed by atoms with E-state index in [1.54, 1.807) is 74.4 Å². The van der Waals surface area contributed by atoms with Gasteiger partial charge in [-0.15, -0.1) is 15.3 Å². The third kappa shape index (κ3) is 5.03. The van der Waals surface area contributed by atoms with Crippen molar-refractivity contribution < 1.29 is 28.5 Å². The standard InChI is InChI=1S/C24H25N5O6/c1-31-15-6-8-19(33-3)18(13-15)23-27-26-21-9-10-22(28-29(21)23)35-12-11-25-24(30)17-7-5-16(32-2)14-20(17)34-4/h5-10,13-14H,11-12H2,1-4H3,(H,25,30). The Hall–Kier alpha value is -4.54. The molecule has 0 atom stereocenters. The molecule has 1 N–H and O–H groups in total.